The van der Waals surface area contributed by atoms with E-state index in [4.69, 9.17) is 10.2 Å². The largest absolute Gasteiger partial charge is 0.481 e. The summed E-state index contributed by atoms with van der Waals surface area (Å²) in [5.74, 6) is -4.86. The summed E-state index contributed by atoms with van der Waals surface area (Å²) >= 11 is 0. The molecule has 4 N–H and O–H groups in total. The highest BCUT2D eigenvalue weighted by atomic mass is 16.6. The van der Waals surface area contributed by atoms with Gasteiger partial charge in [0.15, 0.2) is 0 Å². The van der Waals surface area contributed by atoms with Crippen LogP contribution in [0.25, 0.3) is 0 Å². The Labute approximate surface area is 167 Å². The number of esters is 2. The number of ether oxygens (including phenoxy) is 1. The van der Waals surface area contributed by atoms with E-state index in [9.17, 15) is 19.2 Å². The Morgan fingerprint density at radius 3 is 1.11 bits per heavy atom. The molecule has 4 atom stereocenters. The minimum Gasteiger partial charge on any atom is -0.481 e. The lowest BCUT2D eigenvalue weighted by atomic mass is 9.77. The number of aliphatic carboxylic acids is 2. The predicted octanol–water partition coefficient (Wildman–Crippen LogP) is 2.49. The highest BCUT2D eigenvalue weighted by Gasteiger charge is 2.47. The van der Waals surface area contributed by atoms with Crippen molar-refractivity contribution in [3.63, 3.8) is 0 Å². The highest BCUT2D eigenvalue weighted by molar-refractivity contribution is 5.96. The van der Waals surface area contributed by atoms with E-state index in [0.717, 1.165) is 0 Å². The van der Waals surface area contributed by atoms with Gasteiger partial charge in [-0.3, -0.25) is 19.2 Å². The lowest BCUT2D eigenvalue weighted by molar-refractivity contribution is -0.157. The van der Waals surface area contributed by atoms with Gasteiger partial charge in [0.25, 0.3) is 0 Å². The summed E-state index contributed by atoms with van der Waals surface area (Å²) in [5.41, 5.74) is 0. The molecule has 164 valence electrons. The van der Waals surface area contributed by atoms with Crippen molar-refractivity contribution in [3.8, 4) is 0 Å². The van der Waals surface area contributed by atoms with Gasteiger partial charge >= 0.3 is 23.9 Å². The molecule has 1 aliphatic rings. The molecule has 0 saturated carbocycles. The molecular weight excluding hydrogens is 368 g/mol. The van der Waals surface area contributed by atoms with Gasteiger partial charge in [-0.05, 0) is 23.7 Å². The molecule has 8 nitrogen and oxygen atoms in total. The summed E-state index contributed by atoms with van der Waals surface area (Å²) in [6, 6.07) is 0. The normalized spacial score (nSPS) is 21.1. The van der Waals surface area contributed by atoms with Crippen LogP contribution in [0, 0.1) is 47.3 Å². The SMILES string of the molecule is CC(C)C(C(=O)O)C(C(=O)O)C(C)C.CC(C)C1C(=O)OC(=O)C1C(C)C.O. The van der Waals surface area contributed by atoms with Gasteiger partial charge in [-0.1, -0.05) is 55.4 Å². The zero-order valence-corrected chi connectivity index (χ0v) is 18.1. The van der Waals surface area contributed by atoms with Gasteiger partial charge in [0.05, 0.1) is 23.7 Å². The number of cyclic esters (lactones) is 2. The molecule has 28 heavy (non-hydrogen) atoms. The lowest BCUT2D eigenvalue weighted by Crippen LogP contribution is -2.36. The smallest absolute Gasteiger partial charge is 0.317 e. The van der Waals surface area contributed by atoms with Crippen molar-refractivity contribution < 1.29 is 39.6 Å². The predicted molar refractivity (Wildman–Crippen MR) is 103 cm³/mol. The Balaban J connectivity index is 0. The molecule has 1 saturated heterocycles. The van der Waals surface area contributed by atoms with Crippen molar-refractivity contribution in [2.75, 3.05) is 0 Å². The Morgan fingerprint density at radius 2 is 0.964 bits per heavy atom. The van der Waals surface area contributed by atoms with Gasteiger partial charge in [-0.2, -0.15) is 0 Å². The number of hydrogen-bond acceptors (Lipinski definition) is 5. The van der Waals surface area contributed by atoms with Crippen LogP contribution < -0.4 is 0 Å². The Hall–Kier alpha value is -1.96. The summed E-state index contributed by atoms with van der Waals surface area (Å²) < 4.78 is 4.63. The van der Waals surface area contributed by atoms with E-state index < -0.39 is 23.8 Å². The van der Waals surface area contributed by atoms with Crippen molar-refractivity contribution in [1.29, 1.82) is 0 Å². The van der Waals surface area contributed by atoms with E-state index in [-0.39, 0.29) is 52.9 Å². The summed E-state index contributed by atoms with van der Waals surface area (Å²) in [7, 11) is 0. The summed E-state index contributed by atoms with van der Waals surface area (Å²) in [6.45, 7) is 14.7. The van der Waals surface area contributed by atoms with Crippen molar-refractivity contribution in [2.24, 2.45) is 47.3 Å². The maximum Gasteiger partial charge on any atom is 0.317 e. The molecule has 1 fully saturated rings. The van der Waals surface area contributed by atoms with Crippen LogP contribution in [0.2, 0.25) is 0 Å². The first-order valence-corrected chi connectivity index (χ1v) is 9.45. The quantitative estimate of drug-likeness (QED) is 0.489. The van der Waals surface area contributed by atoms with Crippen LogP contribution in [-0.4, -0.2) is 39.6 Å². The molecule has 0 radical (unpaired) electrons. The average Bonchev–Trinajstić information content (AvgIpc) is 2.78. The third-order valence-electron chi connectivity index (χ3n) is 4.96. The van der Waals surface area contributed by atoms with Gasteiger partial charge < -0.3 is 20.4 Å². The lowest BCUT2D eigenvalue weighted by Gasteiger charge is -2.26. The van der Waals surface area contributed by atoms with Crippen LogP contribution >= 0.6 is 0 Å². The van der Waals surface area contributed by atoms with E-state index in [1.54, 1.807) is 27.7 Å². The molecule has 1 rings (SSSR count). The first-order valence-electron chi connectivity index (χ1n) is 9.45. The Morgan fingerprint density at radius 1 is 0.714 bits per heavy atom. The van der Waals surface area contributed by atoms with Crippen LogP contribution in [0.3, 0.4) is 0 Å². The van der Waals surface area contributed by atoms with Crippen LogP contribution in [0.4, 0.5) is 0 Å². The Kier molecular flexibility index (Phi) is 11.9. The van der Waals surface area contributed by atoms with Gasteiger partial charge in [0.1, 0.15) is 0 Å². The number of carboxylic acid groups (broad SMARTS) is 2. The molecule has 8 heteroatoms. The molecule has 0 aromatic heterocycles. The third-order valence-corrected chi connectivity index (χ3v) is 4.96. The maximum absolute atomic E-state index is 11.3. The van der Waals surface area contributed by atoms with E-state index in [1.807, 2.05) is 27.7 Å². The minimum atomic E-state index is -1.03. The molecule has 0 spiro atoms. The molecular formula is C20H36O8. The maximum atomic E-state index is 11.3. The Bertz CT molecular complexity index is 502. The van der Waals surface area contributed by atoms with Gasteiger partial charge in [-0.25, -0.2) is 0 Å². The van der Waals surface area contributed by atoms with E-state index in [1.165, 1.54) is 0 Å². The van der Waals surface area contributed by atoms with E-state index in [2.05, 4.69) is 4.74 Å². The van der Waals surface area contributed by atoms with Crippen molar-refractivity contribution in [1.82, 2.24) is 0 Å². The van der Waals surface area contributed by atoms with Crippen LogP contribution in [0.15, 0.2) is 0 Å². The standard InChI is InChI=1S/C10H18O4.C10H16O3.H2O/c1-5(2)7(9(11)12)8(6(3)4)10(13)14;1-5(2)7-8(6(3)4)10(12)13-9(7)11;/h5-8H,1-4H3,(H,11,12)(H,13,14);5-8H,1-4H3;1H2. The van der Waals surface area contributed by atoms with Crippen molar-refractivity contribution in [2.45, 2.75) is 55.4 Å². The molecule has 0 amide bonds. The molecule has 0 aromatic rings. The second-order valence-corrected chi connectivity index (χ2v) is 8.50. The summed E-state index contributed by atoms with van der Waals surface area (Å²) in [4.78, 5) is 44.5. The zero-order valence-electron chi connectivity index (χ0n) is 18.1. The minimum absolute atomic E-state index is 0. The molecule has 0 bridgehead atoms. The molecule has 0 aliphatic carbocycles. The highest BCUT2D eigenvalue weighted by Crippen LogP contribution is 2.34. The number of rotatable bonds is 7. The zero-order chi connectivity index (χ0) is 21.6. The third kappa shape index (κ3) is 7.22. The fourth-order valence-electron chi connectivity index (χ4n) is 3.61. The molecule has 0 aromatic carbocycles. The second-order valence-electron chi connectivity index (χ2n) is 8.50. The fraction of sp³-hybridized carbons (Fsp3) is 0.800. The first kappa shape index (κ1) is 28.3. The van der Waals surface area contributed by atoms with E-state index in [0.29, 0.717) is 0 Å². The monoisotopic (exact) mass is 404 g/mol. The number of carboxylic acids is 2. The summed E-state index contributed by atoms with van der Waals surface area (Å²) in [5, 5.41) is 17.9. The number of carbonyl (C=O) groups is 4. The average molecular weight is 405 g/mol. The number of hydrogen-bond donors (Lipinski definition) is 2. The number of carbonyl (C=O) groups excluding carboxylic acids is 2. The van der Waals surface area contributed by atoms with E-state index >= 15 is 0 Å². The van der Waals surface area contributed by atoms with Crippen molar-refractivity contribution in [3.05, 3.63) is 0 Å². The fourth-order valence-corrected chi connectivity index (χ4v) is 3.61. The van der Waals surface area contributed by atoms with Gasteiger partial charge in [0, 0.05) is 0 Å². The second kappa shape index (κ2) is 11.8. The first-order chi connectivity index (χ1) is 12.2. The molecule has 1 heterocycles. The van der Waals surface area contributed by atoms with Crippen LogP contribution in [0.1, 0.15) is 55.4 Å². The topological polar surface area (TPSA) is 149 Å². The van der Waals surface area contributed by atoms with Crippen LogP contribution in [-0.2, 0) is 23.9 Å². The van der Waals surface area contributed by atoms with Crippen molar-refractivity contribution >= 4 is 23.9 Å². The molecule has 1 aliphatic heterocycles. The molecule has 4 unspecified atom stereocenters. The van der Waals surface area contributed by atoms with Gasteiger partial charge in [0.2, 0.25) is 0 Å². The van der Waals surface area contributed by atoms with Crippen LogP contribution in [0.5, 0.6) is 0 Å². The van der Waals surface area contributed by atoms with Gasteiger partial charge in [-0.15, -0.1) is 0 Å². The summed E-state index contributed by atoms with van der Waals surface area (Å²) in [6.07, 6.45) is 0.